The Hall–Kier alpha value is -0.160. The molecule has 5 fully saturated rings. The lowest BCUT2D eigenvalue weighted by Gasteiger charge is -2.62. The second kappa shape index (κ2) is 8.71. The van der Waals surface area contributed by atoms with E-state index < -0.39 is 23.2 Å². The van der Waals surface area contributed by atoms with Gasteiger partial charge in [-0.25, -0.2) is 0 Å². The van der Waals surface area contributed by atoms with Crippen molar-refractivity contribution < 1.29 is 20.1 Å². The standard InChI is InChI=1S/C29H47ClO4/c1-16-11-21(16)17(2)12-26(33)29(34,15-30)24-8-7-22-20-6-5-18-13-19(31)9-10-27(18,3)23(20)14-25(32)28(22,24)4/h16-18,20-26,32-34H,5-15H2,1-4H3/t16-,17-,18+,20+,21-,22+,23+,24+,25-,26-,27+,28+,29+/m1/s1. The predicted octanol–water partition coefficient (Wildman–Crippen LogP) is 5.20. The lowest BCUT2D eigenvalue weighted by molar-refractivity contribution is -0.201. The quantitative estimate of drug-likeness (QED) is 0.443. The number of aliphatic hydroxyl groups is 3. The van der Waals surface area contributed by atoms with Crippen LogP contribution < -0.4 is 0 Å². The minimum Gasteiger partial charge on any atom is -0.393 e. The van der Waals surface area contributed by atoms with E-state index in [9.17, 15) is 20.1 Å². The molecule has 0 saturated heterocycles. The fraction of sp³-hybridized carbons (Fsp3) is 0.966. The molecule has 0 spiro atoms. The van der Waals surface area contributed by atoms with Crippen LogP contribution in [-0.2, 0) is 4.79 Å². The first kappa shape index (κ1) is 25.5. The van der Waals surface area contributed by atoms with Crippen LogP contribution in [-0.4, -0.2) is 44.8 Å². The number of aliphatic hydroxyl groups excluding tert-OH is 2. The van der Waals surface area contributed by atoms with Crippen molar-refractivity contribution >= 4 is 17.4 Å². The molecule has 13 atom stereocenters. The summed E-state index contributed by atoms with van der Waals surface area (Å²) in [4.78, 5) is 12.2. The van der Waals surface area contributed by atoms with Crippen LogP contribution in [0.15, 0.2) is 0 Å². The van der Waals surface area contributed by atoms with Gasteiger partial charge < -0.3 is 15.3 Å². The number of fused-ring (bicyclic) bond motifs is 5. The van der Waals surface area contributed by atoms with E-state index in [1.807, 2.05) is 0 Å². The first-order valence-corrected chi connectivity index (χ1v) is 14.7. The van der Waals surface area contributed by atoms with Crippen LogP contribution in [0.25, 0.3) is 0 Å². The van der Waals surface area contributed by atoms with Crippen molar-refractivity contribution in [2.45, 2.75) is 110 Å². The molecule has 194 valence electrons. The monoisotopic (exact) mass is 494 g/mol. The summed E-state index contributed by atoms with van der Waals surface area (Å²) in [6, 6.07) is 0. The lowest BCUT2D eigenvalue weighted by atomic mass is 9.43. The van der Waals surface area contributed by atoms with E-state index in [4.69, 9.17) is 11.6 Å². The Labute approximate surface area is 211 Å². The van der Waals surface area contributed by atoms with Gasteiger partial charge in [-0.2, -0.15) is 0 Å². The Kier molecular flexibility index (Phi) is 6.53. The van der Waals surface area contributed by atoms with Crippen LogP contribution in [0.5, 0.6) is 0 Å². The van der Waals surface area contributed by atoms with E-state index >= 15 is 0 Å². The summed E-state index contributed by atoms with van der Waals surface area (Å²) in [5.74, 6) is 3.71. The number of Topliss-reactive ketones (excluding diaryl/α,β-unsaturated/α-hetero) is 1. The molecule has 0 aliphatic heterocycles. The van der Waals surface area contributed by atoms with E-state index in [2.05, 4.69) is 27.7 Å². The molecule has 0 unspecified atom stereocenters. The molecule has 0 aromatic heterocycles. The first-order valence-electron chi connectivity index (χ1n) is 14.1. The molecule has 5 rings (SSSR count). The topological polar surface area (TPSA) is 77.8 Å². The maximum absolute atomic E-state index is 12.2. The zero-order valence-electron chi connectivity index (χ0n) is 21.7. The van der Waals surface area contributed by atoms with E-state index in [1.54, 1.807) is 0 Å². The van der Waals surface area contributed by atoms with Gasteiger partial charge in [0, 0.05) is 18.3 Å². The number of carbonyl (C=O) groups is 1. The number of hydrogen-bond acceptors (Lipinski definition) is 4. The highest BCUT2D eigenvalue weighted by Crippen LogP contribution is 2.68. The SMILES string of the molecule is C[C@@H]1C[C@H]1[C@H](C)C[C@@H](O)[C@](O)(CCl)[C@H]1CC[C@H]2[C@@H]3CC[C@H]4CC(=O)CC[C@]4(C)[C@H]3C[C@@H](O)[C@]12C. The maximum atomic E-state index is 12.2. The normalized spacial score (nSPS) is 51.6. The van der Waals surface area contributed by atoms with E-state index in [1.165, 1.54) is 6.42 Å². The second-order valence-corrected chi connectivity index (χ2v) is 14.1. The third-order valence-electron chi connectivity index (χ3n) is 12.5. The van der Waals surface area contributed by atoms with Gasteiger partial charge in [-0.05, 0) is 104 Å². The summed E-state index contributed by atoms with van der Waals surface area (Å²) >= 11 is 6.47. The Morgan fingerprint density at radius 1 is 1.15 bits per heavy atom. The molecule has 34 heavy (non-hydrogen) atoms. The number of halogens is 1. The molecule has 5 aliphatic carbocycles. The Morgan fingerprint density at radius 2 is 1.85 bits per heavy atom. The first-order chi connectivity index (χ1) is 16.0. The summed E-state index contributed by atoms with van der Waals surface area (Å²) in [7, 11) is 0. The molecule has 4 nitrogen and oxygen atoms in total. The largest absolute Gasteiger partial charge is 0.393 e. The van der Waals surface area contributed by atoms with E-state index in [-0.39, 0.29) is 17.2 Å². The fourth-order valence-corrected chi connectivity index (χ4v) is 10.5. The van der Waals surface area contributed by atoms with E-state index in [0.717, 1.165) is 44.9 Å². The van der Waals surface area contributed by atoms with Gasteiger partial charge >= 0.3 is 0 Å². The molecule has 0 heterocycles. The van der Waals surface area contributed by atoms with Gasteiger partial charge in [-0.3, -0.25) is 4.79 Å². The van der Waals surface area contributed by atoms with Crippen LogP contribution in [0, 0.1) is 58.2 Å². The molecule has 3 N–H and O–H groups in total. The van der Waals surface area contributed by atoms with E-state index in [0.29, 0.717) is 60.1 Å². The highest BCUT2D eigenvalue weighted by atomic mass is 35.5. The Morgan fingerprint density at radius 3 is 2.50 bits per heavy atom. The summed E-state index contributed by atoms with van der Waals surface area (Å²) in [6.45, 7) is 9.03. The van der Waals surface area contributed by atoms with Crippen molar-refractivity contribution in [3.63, 3.8) is 0 Å². The zero-order valence-corrected chi connectivity index (χ0v) is 22.4. The van der Waals surface area contributed by atoms with Crippen LogP contribution in [0.2, 0.25) is 0 Å². The Bertz CT molecular complexity index is 803. The number of alkyl halides is 1. The second-order valence-electron chi connectivity index (χ2n) is 13.9. The van der Waals surface area contributed by atoms with Crippen LogP contribution >= 0.6 is 11.6 Å². The molecular formula is C29H47ClO4. The highest BCUT2D eigenvalue weighted by Gasteiger charge is 2.67. The molecular weight excluding hydrogens is 448 g/mol. The summed E-state index contributed by atoms with van der Waals surface area (Å²) < 4.78 is 0. The average Bonchev–Trinajstić information content (AvgIpc) is 3.42. The third-order valence-corrected chi connectivity index (χ3v) is 12.9. The van der Waals surface area contributed by atoms with Gasteiger partial charge in [0.25, 0.3) is 0 Å². The van der Waals surface area contributed by atoms with Crippen molar-refractivity contribution in [3.8, 4) is 0 Å². The fourth-order valence-electron chi connectivity index (χ4n) is 10.1. The average molecular weight is 495 g/mol. The highest BCUT2D eigenvalue weighted by molar-refractivity contribution is 6.18. The number of hydrogen-bond donors (Lipinski definition) is 3. The van der Waals surface area contributed by atoms with Crippen molar-refractivity contribution in [1.82, 2.24) is 0 Å². The van der Waals surface area contributed by atoms with Crippen molar-refractivity contribution in [2.24, 2.45) is 58.2 Å². The molecule has 5 saturated carbocycles. The predicted molar refractivity (Wildman–Crippen MR) is 134 cm³/mol. The summed E-state index contributed by atoms with van der Waals surface area (Å²) in [5, 5.41) is 35.1. The van der Waals surface area contributed by atoms with Gasteiger partial charge in [-0.15, -0.1) is 11.6 Å². The van der Waals surface area contributed by atoms with Crippen molar-refractivity contribution in [2.75, 3.05) is 5.88 Å². The summed E-state index contributed by atoms with van der Waals surface area (Å²) in [6.07, 6.45) is 7.55. The third kappa shape index (κ3) is 3.67. The van der Waals surface area contributed by atoms with Crippen LogP contribution in [0.3, 0.4) is 0 Å². The molecule has 0 amide bonds. The molecule has 0 aromatic carbocycles. The molecule has 0 aromatic rings. The van der Waals surface area contributed by atoms with Gasteiger partial charge in [-0.1, -0.05) is 27.7 Å². The smallest absolute Gasteiger partial charge is 0.133 e. The Balaban J connectivity index is 1.39. The van der Waals surface area contributed by atoms with Gasteiger partial charge in [0.05, 0.1) is 18.1 Å². The van der Waals surface area contributed by atoms with Gasteiger partial charge in [0.15, 0.2) is 0 Å². The molecule has 0 radical (unpaired) electrons. The van der Waals surface area contributed by atoms with Crippen molar-refractivity contribution in [3.05, 3.63) is 0 Å². The minimum absolute atomic E-state index is 0.0107. The maximum Gasteiger partial charge on any atom is 0.133 e. The molecule has 5 heteroatoms. The minimum atomic E-state index is -1.37. The van der Waals surface area contributed by atoms with Gasteiger partial charge in [0.1, 0.15) is 11.4 Å². The number of carbonyl (C=O) groups excluding carboxylic acids is 1. The lowest BCUT2D eigenvalue weighted by Crippen LogP contribution is -2.63. The molecule has 5 aliphatic rings. The van der Waals surface area contributed by atoms with Crippen LogP contribution in [0.4, 0.5) is 0 Å². The zero-order chi connectivity index (χ0) is 24.6. The molecule has 0 bridgehead atoms. The van der Waals surface area contributed by atoms with Crippen molar-refractivity contribution in [1.29, 1.82) is 0 Å². The number of rotatable bonds is 6. The van der Waals surface area contributed by atoms with Gasteiger partial charge in [0.2, 0.25) is 0 Å². The van der Waals surface area contributed by atoms with Crippen LogP contribution in [0.1, 0.15) is 91.9 Å². The summed E-state index contributed by atoms with van der Waals surface area (Å²) in [5.41, 5.74) is -1.67. The number of ketones is 1.